The van der Waals surface area contributed by atoms with Crippen LogP contribution in [0.4, 0.5) is 5.69 Å². The Hall–Kier alpha value is -1.83. The standard InChI is InChI=1S/C12H9IN2O3/c13-8-2-1-3-9(5-8)18-11-10(14)4-7(6-15-11)12(16)17/h1-6H,14H2,(H,16,17). The van der Waals surface area contributed by atoms with Crippen LogP contribution in [0.5, 0.6) is 11.6 Å². The molecule has 0 aliphatic carbocycles. The SMILES string of the molecule is Nc1cc(C(=O)O)cnc1Oc1cccc(I)c1. The number of aromatic nitrogens is 1. The molecule has 1 heterocycles. The van der Waals surface area contributed by atoms with Crippen LogP contribution in [0.2, 0.25) is 0 Å². The Balaban J connectivity index is 2.27. The van der Waals surface area contributed by atoms with Gasteiger partial charge in [0.15, 0.2) is 0 Å². The zero-order chi connectivity index (χ0) is 13.1. The summed E-state index contributed by atoms with van der Waals surface area (Å²) in [7, 11) is 0. The van der Waals surface area contributed by atoms with Crippen LogP contribution in [0, 0.1) is 3.57 Å². The predicted octanol–water partition coefficient (Wildman–Crippen LogP) is 2.76. The molecule has 0 saturated carbocycles. The minimum absolute atomic E-state index is 0.0301. The maximum absolute atomic E-state index is 10.7. The van der Waals surface area contributed by atoms with E-state index in [1.807, 2.05) is 18.2 Å². The third-order valence-corrected chi connectivity index (χ3v) is 2.81. The van der Waals surface area contributed by atoms with Crippen molar-refractivity contribution in [2.24, 2.45) is 0 Å². The molecule has 0 spiro atoms. The van der Waals surface area contributed by atoms with E-state index in [2.05, 4.69) is 27.6 Å². The number of ether oxygens (including phenoxy) is 1. The highest BCUT2D eigenvalue weighted by molar-refractivity contribution is 14.1. The van der Waals surface area contributed by atoms with Crippen LogP contribution < -0.4 is 10.5 Å². The molecule has 5 nitrogen and oxygen atoms in total. The molecule has 3 N–H and O–H groups in total. The lowest BCUT2D eigenvalue weighted by Gasteiger charge is -2.07. The largest absolute Gasteiger partial charge is 0.478 e. The van der Waals surface area contributed by atoms with E-state index in [1.54, 1.807) is 6.07 Å². The first-order valence-electron chi connectivity index (χ1n) is 4.98. The number of nitrogens with zero attached hydrogens (tertiary/aromatic N) is 1. The molecule has 0 fully saturated rings. The van der Waals surface area contributed by atoms with Gasteiger partial charge in [-0.25, -0.2) is 9.78 Å². The van der Waals surface area contributed by atoms with Crippen molar-refractivity contribution in [1.82, 2.24) is 4.98 Å². The molecular weight excluding hydrogens is 347 g/mol. The van der Waals surface area contributed by atoms with Crippen LogP contribution in [-0.4, -0.2) is 16.1 Å². The first-order valence-corrected chi connectivity index (χ1v) is 6.06. The van der Waals surface area contributed by atoms with Crippen LogP contribution in [0.3, 0.4) is 0 Å². The number of carboxylic acids is 1. The van der Waals surface area contributed by atoms with E-state index >= 15 is 0 Å². The highest BCUT2D eigenvalue weighted by Gasteiger charge is 2.09. The van der Waals surface area contributed by atoms with E-state index in [1.165, 1.54) is 12.3 Å². The average molecular weight is 356 g/mol. The maximum Gasteiger partial charge on any atom is 0.337 e. The molecule has 0 aliphatic heterocycles. The Morgan fingerprint density at radius 1 is 1.39 bits per heavy atom. The number of pyridine rings is 1. The van der Waals surface area contributed by atoms with E-state index in [-0.39, 0.29) is 17.1 Å². The molecule has 0 atom stereocenters. The minimum atomic E-state index is -1.07. The number of benzene rings is 1. The number of hydrogen-bond donors (Lipinski definition) is 2. The van der Waals surface area contributed by atoms with Crippen LogP contribution >= 0.6 is 22.6 Å². The van der Waals surface area contributed by atoms with E-state index in [9.17, 15) is 4.79 Å². The summed E-state index contributed by atoms with van der Waals surface area (Å²) < 4.78 is 6.51. The van der Waals surface area contributed by atoms with Crippen LogP contribution in [0.15, 0.2) is 36.5 Å². The first kappa shape index (κ1) is 12.6. The second-order valence-electron chi connectivity index (χ2n) is 3.48. The van der Waals surface area contributed by atoms with Gasteiger partial charge in [0.1, 0.15) is 5.75 Å². The molecule has 0 amide bonds. The summed E-state index contributed by atoms with van der Waals surface area (Å²) >= 11 is 2.16. The molecule has 2 aromatic rings. The number of aromatic carboxylic acids is 1. The van der Waals surface area contributed by atoms with Gasteiger partial charge in [-0.15, -0.1) is 0 Å². The fourth-order valence-electron chi connectivity index (χ4n) is 1.31. The third-order valence-electron chi connectivity index (χ3n) is 2.14. The summed E-state index contributed by atoms with van der Waals surface area (Å²) in [6, 6.07) is 8.69. The molecular formula is C12H9IN2O3. The van der Waals surface area contributed by atoms with Gasteiger partial charge < -0.3 is 15.6 Å². The summed E-state index contributed by atoms with van der Waals surface area (Å²) in [5, 5.41) is 8.79. The van der Waals surface area contributed by atoms with Crippen molar-refractivity contribution in [3.8, 4) is 11.6 Å². The van der Waals surface area contributed by atoms with Crippen molar-refractivity contribution >= 4 is 34.2 Å². The number of hydrogen-bond acceptors (Lipinski definition) is 4. The zero-order valence-corrected chi connectivity index (χ0v) is 11.3. The lowest BCUT2D eigenvalue weighted by molar-refractivity contribution is 0.0696. The van der Waals surface area contributed by atoms with Gasteiger partial charge in [0.05, 0.1) is 11.3 Å². The van der Waals surface area contributed by atoms with E-state index < -0.39 is 5.97 Å². The van der Waals surface area contributed by atoms with Gasteiger partial charge in [0, 0.05) is 9.77 Å². The molecule has 0 saturated heterocycles. The molecule has 92 valence electrons. The van der Waals surface area contributed by atoms with Crippen molar-refractivity contribution in [3.05, 3.63) is 45.7 Å². The van der Waals surface area contributed by atoms with Crippen molar-refractivity contribution in [3.63, 3.8) is 0 Å². The number of nitrogen functional groups attached to an aromatic ring is 1. The number of halogens is 1. The van der Waals surface area contributed by atoms with Crippen molar-refractivity contribution in [1.29, 1.82) is 0 Å². The molecule has 6 heteroatoms. The maximum atomic E-state index is 10.7. The fourth-order valence-corrected chi connectivity index (χ4v) is 1.83. The second-order valence-corrected chi connectivity index (χ2v) is 4.73. The van der Waals surface area contributed by atoms with E-state index in [0.717, 1.165) is 3.57 Å². The Morgan fingerprint density at radius 3 is 2.78 bits per heavy atom. The summed E-state index contributed by atoms with van der Waals surface area (Å²) in [5.74, 6) is -0.277. The van der Waals surface area contributed by atoms with Gasteiger partial charge in [-0.05, 0) is 46.9 Å². The van der Waals surface area contributed by atoms with E-state index in [4.69, 9.17) is 15.6 Å². The van der Waals surface area contributed by atoms with Gasteiger partial charge in [-0.2, -0.15) is 0 Å². The molecule has 0 bridgehead atoms. The van der Waals surface area contributed by atoms with Gasteiger partial charge in [-0.3, -0.25) is 0 Å². The van der Waals surface area contributed by atoms with Crippen molar-refractivity contribution in [2.75, 3.05) is 5.73 Å². The summed E-state index contributed by atoms with van der Waals surface area (Å²) in [6.45, 7) is 0. The van der Waals surface area contributed by atoms with Crippen LogP contribution in [0.25, 0.3) is 0 Å². The Kier molecular flexibility index (Phi) is 3.66. The predicted molar refractivity (Wildman–Crippen MR) is 74.8 cm³/mol. The molecule has 1 aromatic heterocycles. The number of rotatable bonds is 3. The lowest BCUT2D eigenvalue weighted by atomic mass is 10.2. The van der Waals surface area contributed by atoms with E-state index in [0.29, 0.717) is 5.75 Å². The average Bonchev–Trinajstić information content (AvgIpc) is 2.31. The first-order chi connectivity index (χ1) is 8.56. The normalized spacial score (nSPS) is 10.1. The highest BCUT2D eigenvalue weighted by atomic mass is 127. The zero-order valence-electron chi connectivity index (χ0n) is 9.13. The Labute approximate surface area is 117 Å². The van der Waals surface area contributed by atoms with Crippen LogP contribution in [-0.2, 0) is 0 Å². The molecule has 0 aliphatic rings. The lowest BCUT2D eigenvalue weighted by Crippen LogP contribution is -2.01. The monoisotopic (exact) mass is 356 g/mol. The van der Waals surface area contributed by atoms with Gasteiger partial charge in [0.2, 0.25) is 5.88 Å². The van der Waals surface area contributed by atoms with Crippen molar-refractivity contribution in [2.45, 2.75) is 0 Å². The molecule has 0 radical (unpaired) electrons. The second kappa shape index (κ2) is 5.21. The fraction of sp³-hybridized carbons (Fsp3) is 0. The quantitative estimate of drug-likeness (QED) is 0.826. The number of carboxylic acid groups (broad SMARTS) is 1. The third kappa shape index (κ3) is 2.89. The van der Waals surface area contributed by atoms with Crippen molar-refractivity contribution < 1.29 is 14.6 Å². The molecule has 1 aromatic carbocycles. The highest BCUT2D eigenvalue weighted by Crippen LogP contribution is 2.26. The Morgan fingerprint density at radius 2 is 2.17 bits per heavy atom. The minimum Gasteiger partial charge on any atom is -0.478 e. The molecule has 2 rings (SSSR count). The van der Waals surface area contributed by atoms with Gasteiger partial charge in [0.25, 0.3) is 0 Å². The van der Waals surface area contributed by atoms with Crippen LogP contribution in [0.1, 0.15) is 10.4 Å². The molecule has 0 unspecified atom stereocenters. The summed E-state index contributed by atoms with van der Waals surface area (Å²) in [5.41, 5.74) is 5.91. The number of nitrogens with two attached hydrogens (primary N) is 1. The summed E-state index contributed by atoms with van der Waals surface area (Å²) in [4.78, 5) is 14.6. The van der Waals surface area contributed by atoms with Gasteiger partial charge in [-0.1, -0.05) is 6.07 Å². The number of carbonyl (C=O) groups is 1. The number of anilines is 1. The van der Waals surface area contributed by atoms with Gasteiger partial charge >= 0.3 is 5.97 Å². The smallest absolute Gasteiger partial charge is 0.337 e. The molecule has 18 heavy (non-hydrogen) atoms. The summed E-state index contributed by atoms with van der Waals surface area (Å²) in [6.07, 6.45) is 1.21. The topological polar surface area (TPSA) is 85.4 Å². The Bertz CT molecular complexity index is 602.